The van der Waals surface area contributed by atoms with Gasteiger partial charge in [0, 0.05) is 41.8 Å². The molecule has 0 N–H and O–H groups in total. The third-order valence-corrected chi connectivity index (χ3v) is 0. The summed E-state index contributed by atoms with van der Waals surface area (Å²) in [5.41, 5.74) is 0. The van der Waals surface area contributed by atoms with Crippen LogP contribution in [-0.4, -0.2) is 41.8 Å². The molecule has 0 bridgehead atoms. The van der Waals surface area contributed by atoms with Gasteiger partial charge in [0.2, 0.25) is 0 Å². The first-order valence-electron chi connectivity index (χ1n) is 6.36. The minimum Gasteiger partial charge on any atom is -0.550 e. The summed E-state index contributed by atoms with van der Waals surface area (Å²) in [6, 6.07) is 0. The number of hydrogen-bond donors (Lipinski definition) is 0. The Morgan fingerprint density at radius 2 is 0.355 bits per heavy atom. The topological polar surface area (TPSA) is 281 Å². The average molecular weight is 555 g/mol. The van der Waals surface area contributed by atoms with Crippen molar-refractivity contribution in [1.82, 2.24) is 0 Å². The van der Waals surface area contributed by atoms with Gasteiger partial charge in [0.25, 0.3) is 0 Å². The van der Waals surface area contributed by atoms with Gasteiger partial charge in [-0.15, -0.1) is 0 Å². The van der Waals surface area contributed by atoms with Gasteiger partial charge in [-0.3, -0.25) is 0 Å². The quantitative estimate of drug-likeness (QED) is 0.251. The van der Waals surface area contributed by atoms with E-state index in [9.17, 15) is 0 Å². The Morgan fingerprint density at radius 1 is 0.355 bits per heavy atom. The third kappa shape index (κ3) is 4490. The maximum atomic E-state index is 8.89. The molecule has 0 rings (SSSR count). The van der Waals surface area contributed by atoms with E-state index in [0.29, 0.717) is 0 Å². The molecule has 0 saturated heterocycles. The van der Waals surface area contributed by atoms with Gasteiger partial charge in [0.1, 0.15) is 0 Å². The van der Waals surface area contributed by atoms with Gasteiger partial charge in [0.05, 0.1) is 0 Å². The Morgan fingerprint density at radius 3 is 0.355 bits per heavy atom. The zero-order valence-electron chi connectivity index (χ0n) is 18.0. The fourth-order valence-corrected chi connectivity index (χ4v) is 0. The normalized spacial score (nSPS) is 5.65. The van der Waals surface area contributed by atoms with Crippen molar-refractivity contribution in [3.05, 3.63) is 7.43 Å². The van der Waals surface area contributed by atoms with Gasteiger partial charge < -0.3 is 69.3 Å². The van der Waals surface area contributed by atoms with Gasteiger partial charge in [-0.2, -0.15) is 0 Å². The van der Waals surface area contributed by atoms with Crippen LogP contribution in [0.5, 0.6) is 0 Å². The molecule has 0 amide bonds. The van der Waals surface area contributed by atoms with Crippen LogP contribution in [0.3, 0.4) is 0 Å². The standard InChI is InChI=1S/7C2H4O2.C.Na.Pd/c7*1-2(3)4;;;/h7*1H3,(H,3,4);;;/q;;;;;;;+4;+1;+2/p-7. The Kier molecular flexibility index (Phi) is 115. The molecule has 0 fully saturated rings. The van der Waals surface area contributed by atoms with Crippen LogP contribution in [0, 0.1) is 7.43 Å². The van der Waals surface area contributed by atoms with Crippen molar-refractivity contribution in [2.45, 2.75) is 48.5 Å². The first-order chi connectivity index (χ1) is 12.1. The number of carboxylic acids is 7. The van der Waals surface area contributed by atoms with Crippen molar-refractivity contribution in [3.8, 4) is 0 Å². The maximum absolute atomic E-state index is 8.89. The minimum absolute atomic E-state index is 0. The van der Waals surface area contributed by atoms with Crippen LogP contribution in [0.15, 0.2) is 0 Å². The molecule has 16 heteroatoms. The molecule has 0 heterocycles. The Bertz CT molecular complexity index is 321. The summed E-state index contributed by atoms with van der Waals surface area (Å²) in [6.07, 6.45) is 0. The second-order valence-corrected chi connectivity index (χ2v) is 3.44. The van der Waals surface area contributed by atoms with Gasteiger partial charge in [0.15, 0.2) is 0 Å². The molecule has 0 atom stereocenters. The molecule has 0 aromatic rings. The molecule has 0 unspecified atom stereocenters. The van der Waals surface area contributed by atoms with Crippen LogP contribution in [0.2, 0.25) is 0 Å². The number of carboxylic acid groups (broad SMARTS) is 7. The predicted octanol–water partition coefficient (Wildman–Crippen LogP) is -11.6. The number of aliphatic carboxylic acids is 7. The summed E-state index contributed by atoms with van der Waals surface area (Å²) in [6.45, 7) is 6.81. The van der Waals surface area contributed by atoms with Gasteiger partial charge >= 0.3 is 57.4 Å². The van der Waals surface area contributed by atoms with Crippen molar-refractivity contribution in [3.63, 3.8) is 0 Å². The molecule has 14 nitrogen and oxygen atoms in total. The second-order valence-electron chi connectivity index (χ2n) is 3.44. The first-order valence-corrected chi connectivity index (χ1v) is 6.36. The van der Waals surface area contributed by atoms with Crippen molar-refractivity contribution >= 4 is 41.8 Å². The molecule has 0 aromatic carbocycles. The SMILES string of the molecule is CC(=O)[O-].CC(=O)[O-].CC(=O)[O-].CC(=O)[O-].CC(=O)[O-].CC(=O)[O-].CC(=O)[O-].[C+4].[Na+].[Pd+2]. The predicted molar refractivity (Wildman–Crippen MR) is 78.0 cm³/mol. The Labute approximate surface area is 216 Å². The minimum atomic E-state index is -1.08. The van der Waals surface area contributed by atoms with Gasteiger partial charge in [-0.1, -0.05) is 0 Å². The molecule has 31 heavy (non-hydrogen) atoms. The summed E-state index contributed by atoms with van der Waals surface area (Å²) in [7, 11) is 0. The summed E-state index contributed by atoms with van der Waals surface area (Å²) in [4.78, 5) is 62.2. The van der Waals surface area contributed by atoms with Crippen LogP contribution in [0.1, 0.15) is 48.5 Å². The largest absolute Gasteiger partial charge is 4.00 e. The monoisotopic (exact) mass is 554 g/mol. The van der Waals surface area contributed by atoms with E-state index in [-0.39, 0.29) is 57.4 Å². The first kappa shape index (κ1) is 63.0. The zero-order chi connectivity index (χ0) is 25.0. The molecule has 0 radical (unpaired) electrons. The van der Waals surface area contributed by atoms with E-state index in [1.54, 1.807) is 0 Å². The molecule has 0 saturated carbocycles. The molecule has 176 valence electrons. The van der Waals surface area contributed by atoms with E-state index in [0.717, 1.165) is 48.5 Å². The van der Waals surface area contributed by atoms with Crippen LogP contribution in [-0.2, 0) is 54.0 Å². The third-order valence-electron chi connectivity index (χ3n) is 0. The van der Waals surface area contributed by atoms with E-state index < -0.39 is 41.8 Å². The zero-order valence-corrected chi connectivity index (χ0v) is 21.6. The van der Waals surface area contributed by atoms with Crippen molar-refractivity contribution in [1.29, 1.82) is 0 Å². The Hall–Kier alpha value is -2.05. The van der Waals surface area contributed by atoms with Gasteiger partial charge in [-0.25, -0.2) is 0 Å². The number of carbonyl (C=O) groups excluding carboxylic acids is 7. The van der Waals surface area contributed by atoms with Crippen LogP contribution in [0.4, 0.5) is 0 Å². The molecule has 0 aliphatic rings. The smallest absolute Gasteiger partial charge is 0.550 e. The van der Waals surface area contributed by atoms with E-state index in [1.165, 1.54) is 0 Å². The summed E-state index contributed by atoms with van der Waals surface area (Å²) < 4.78 is 0. The number of rotatable bonds is 0. The van der Waals surface area contributed by atoms with Crippen molar-refractivity contribution in [2.75, 3.05) is 0 Å². The van der Waals surface area contributed by atoms with E-state index in [2.05, 4.69) is 0 Å². The molecule has 0 aromatic heterocycles. The fraction of sp³-hybridized carbons (Fsp3) is 0.467. The molecule has 0 aliphatic heterocycles. The summed E-state index contributed by atoms with van der Waals surface area (Å²) in [5.74, 6) is -7.58. The van der Waals surface area contributed by atoms with Gasteiger partial charge in [-0.05, 0) is 48.5 Å². The van der Waals surface area contributed by atoms with Crippen molar-refractivity contribution < 1.29 is 119 Å². The van der Waals surface area contributed by atoms with Crippen LogP contribution >= 0.6 is 0 Å². The number of carbonyl (C=O) groups is 7. The molecule has 0 spiro atoms. The number of hydrogen-bond acceptors (Lipinski definition) is 14. The van der Waals surface area contributed by atoms with Crippen molar-refractivity contribution in [2.24, 2.45) is 0 Å². The average Bonchev–Trinajstić information content (AvgIpc) is 2.20. The molecular formula is C15H21NaO14Pd. The summed E-state index contributed by atoms with van der Waals surface area (Å²) >= 11 is 0. The van der Waals surface area contributed by atoms with E-state index >= 15 is 0 Å². The maximum Gasteiger partial charge on any atom is 4.00 e. The van der Waals surface area contributed by atoms with Crippen LogP contribution in [0.25, 0.3) is 0 Å². The molecule has 0 aliphatic carbocycles. The second kappa shape index (κ2) is 56.5. The fourth-order valence-electron chi connectivity index (χ4n) is 0. The molecular weight excluding hydrogens is 534 g/mol. The van der Waals surface area contributed by atoms with E-state index in [1.807, 2.05) is 0 Å². The Balaban J connectivity index is -0.0000000204. The van der Waals surface area contributed by atoms with Crippen LogP contribution < -0.4 is 65.3 Å². The summed E-state index contributed by atoms with van der Waals surface area (Å²) in [5, 5.41) is 62.2. The van der Waals surface area contributed by atoms with E-state index in [4.69, 9.17) is 69.3 Å².